The van der Waals surface area contributed by atoms with Crippen molar-refractivity contribution in [1.82, 2.24) is 19.7 Å². The second kappa shape index (κ2) is 5.18. The summed E-state index contributed by atoms with van der Waals surface area (Å²) in [7, 11) is 1.92. The first-order valence-corrected chi connectivity index (χ1v) is 6.33. The topological polar surface area (TPSA) is 69.6 Å². The SMILES string of the molecule is Cc1cc(N)nc(SCCc2cnn(C)c2)n1. The molecule has 0 aromatic carbocycles. The number of nitrogens with zero attached hydrogens (tertiary/aromatic N) is 4. The molecule has 0 aliphatic rings. The third-order valence-electron chi connectivity index (χ3n) is 2.23. The van der Waals surface area contributed by atoms with E-state index in [4.69, 9.17) is 5.73 Å². The van der Waals surface area contributed by atoms with Crippen LogP contribution in [-0.4, -0.2) is 25.5 Å². The van der Waals surface area contributed by atoms with Crippen LogP contribution in [0.2, 0.25) is 0 Å². The van der Waals surface area contributed by atoms with Crippen LogP contribution in [0.4, 0.5) is 5.82 Å². The van der Waals surface area contributed by atoms with Crippen LogP contribution >= 0.6 is 11.8 Å². The van der Waals surface area contributed by atoms with Gasteiger partial charge in [0.15, 0.2) is 5.16 Å². The molecule has 0 unspecified atom stereocenters. The number of thioether (sulfide) groups is 1. The van der Waals surface area contributed by atoms with E-state index in [1.165, 1.54) is 5.56 Å². The highest BCUT2D eigenvalue weighted by Gasteiger charge is 2.02. The summed E-state index contributed by atoms with van der Waals surface area (Å²) in [5.74, 6) is 1.45. The molecule has 2 aromatic heterocycles. The summed E-state index contributed by atoms with van der Waals surface area (Å²) in [5.41, 5.74) is 7.79. The Morgan fingerprint density at radius 1 is 1.41 bits per heavy atom. The van der Waals surface area contributed by atoms with Gasteiger partial charge >= 0.3 is 0 Å². The first-order chi connectivity index (χ1) is 8.13. The minimum Gasteiger partial charge on any atom is -0.384 e. The lowest BCUT2D eigenvalue weighted by molar-refractivity contribution is 0.767. The number of nitrogens with two attached hydrogens (primary N) is 1. The Balaban J connectivity index is 1.89. The fourth-order valence-electron chi connectivity index (χ4n) is 1.49. The molecule has 0 amide bonds. The molecular weight excluding hydrogens is 234 g/mol. The molecule has 0 atom stereocenters. The number of hydrogen-bond donors (Lipinski definition) is 1. The lowest BCUT2D eigenvalue weighted by Crippen LogP contribution is -1.97. The lowest BCUT2D eigenvalue weighted by Gasteiger charge is -2.01. The van der Waals surface area contributed by atoms with Crippen LogP contribution in [0.3, 0.4) is 0 Å². The largest absolute Gasteiger partial charge is 0.384 e. The van der Waals surface area contributed by atoms with Gasteiger partial charge in [0.25, 0.3) is 0 Å². The Bertz CT molecular complexity index is 488. The summed E-state index contributed by atoms with van der Waals surface area (Å²) in [4.78, 5) is 8.50. The Hall–Kier alpha value is -1.56. The number of aryl methyl sites for hydroxylation is 3. The molecule has 0 aliphatic carbocycles. The molecule has 0 bridgehead atoms. The quantitative estimate of drug-likeness (QED) is 0.656. The van der Waals surface area contributed by atoms with Gasteiger partial charge in [-0.15, -0.1) is 0 Å². The van der Waals surface area contributed by atoms with E-state index in [0.717, 1.165) is 23.0 Å². The number of aromatic nitrogens is 4. The summed E-state index contributed by atoms with van der Waals surface area (Å²) in [6.07, 6.45) is 4.85. The molecule has 90 valence electrons. The van der Waals surface area contributed by atoms with Crippen molar-refractivity contribution in [2.24, 2.45) is 7.05 Å². The van der Waals surface area contributed by atoms with Crippen molar-refractivity contribution in [3.8, 4) is 0 Å². The molecule has 6 heteroatoms. The fraction of sp³-hybridized carbons (Fsp3) is 0.364. The second-order valence-corrected chi connectivity index (χ2v) is 4.90. The molecule has 2 N–H and O–H groups in total. The zero-order chi connectivity index (χ0) is 12.3. The van der Waals surface area contributed by atoms with Crippen LogP contribution in [0.1, 0.15) is 11.3 Å². The minimum atomic E-state index is 0.529. The van der Waals surface area contributed by atoms with Gasteiger partial charge in [-0.25, -0.2) is 9.97 Å². The summed E-state index contributed by atoms with van der Waals surface area (Å²) in [5, 5.41) is 4.87. The first kappa shape index (κ1) is 11.9. The average Bonchev–Trinajstić information content (AvgIpc) is 2.63. The Labute approximate surface area is 104 Å². The van der Waals surface area contributed by atoms with E-state index >= 15 is 0 Å². The Morgan fingerprint density at radius 3 is 2.88 bits per heavy atom. The highest BCUT2D eigenvalue weighted by Crippen LogP contribution is 2.16. The maximum absolute atomic E-state index is 5.67. The van der Waals surface area contributed by atoms with Crippen LogP contribution in [0.25, 0.3) is 0 Å². The summed E-state index contributed by atoms with van der Waals surface area (Å²) >= 11 is 1.61. The number of hydrogen-bond acceptors (Lipinski definition) is 5. The van der Waals surface area contributed by atoms with Crippen LogP contribution < -0.4 is 5.73 Å². The highest BCUT2D eigenvalue weighted by molar-refractivity contribution is 7.99. The van der Waals surface area contributed by atoms with Crippen molar-refractivity contribution in [2.45, 2.75) is 18.5 Å². The van der Waals surface area contributed by atoms with Crippen molar-refractivity contribution in [2.75, 3.05) is 11.5 Å². The van der Waals surface area contributed by atoms with Crippen molar-refractivity contribution < 1.29 is 0 Å². The van der Waals surface area contributed by atoms with E-state index in [-0.39, 0.29) is 0 Å². The molecule has 2 aromatic rings. The van der Waals surface area contributed by atoms with Gasteiger partial charge in [-0.2, -0.15) is 5.10 Å². The van der Waals surface area contributed by atoms with Gasteiger partial charge in [-0.05, 0) is 18.9 Å². The van der Waals surface area contributed by atoms with Gasteiger partial charge in [0.1, 0.15) is 5.82 Å². The molecule has 0 saturated carbocycles. The third kappa shape index (κ3) is 3.45. The maximum Gasteiger partial charge on any atom is 0.189 e. The van der Waals surface area contributed by atoms with E-state index in [1.54, 1.807) is 22.5 Å². The normalized spacial score (nSPS) is 10.7. The van der Waals surface area contributed by atoms with Crippen LogP contribution in [0.15, 0.2) is 23.6 Å². The first-order valence-electron chi connectivity index (χ1n) is 5.35. The van der Waals surface area contributed by atoms with Gasteiger partial charge < -0.3 is 5.73 Å². The molecule has 0 saturated heterocycles. The predicted molar refractivity (Wildman–Crippen MR) is 68.8 cm³/mol. The van der Waals surface area contributed by atoms with E-state index < -0.39 is 0 Å². The highest BCUT2D eigenvalue weighted by atomic mass is 32.2. The van der Waals surface area contributed by atoms with E-state index in [9.17, 15) is 0 Å². The Kier molecular flexibility index (Phi) is 3.63. The van der Waals surface area contributed by atoms with Crippen molar-refractivity contribution in [1.29, 1.82) is 0 Å². The second-order valence-electron chi connectivity index (χ2n) is 3.84. The van der Waals surface area contributed by atoms with Crippen LogP contribution in [-0.2, 0) is 13.5 Å². The smallest absolute Gasteiger partial charge is 0.189 e. The lowest BCUT2D eigenvalue weighted by atomic mass is 10.3. The average molecular weight is 249 g/mol. The van der Waals surface area contributed by atoms with E-state index in [1.807, 2.05) is 26.4 Å². The fourth-order valence-corrected chi connectivity index (χ4v) is 2.39. The molecule has 5 nitrogen and oxygen atoms in total. The van der Waals surface area contributed by atoms with Crippen molar-refractivity contribution in [3.63, 3.8) is 0 Å². The summed E-state index contributed by atoms with van der Waals surface area (Å²) in [6, 6.07) is 1.77. The van der Waals surface area contributed by atoms with Gasteiger partial charge in [0.05, 0.1) is 6.20 Å². The zero-order valence-electron chi connectivity index (χ0n) is 9.92. The maximum atomic E-state index is 5.67. The number of nitrogen functional groups attached to an aromatic ring is 1. The predicted octanol–water partition coefficient (Wildman–Crippen LogP) is 1.44. The van der Waals surface area contributed by atoms with Gasteiger partial charge in [-0.1, -0.05) is 11.8 Å². The summed E-state index contributed by atoms with van der Waals surface area (Å²) in [6.45, 7) is 1.92. The van der Waals surface area contributed by atoms with E-state index in [2.05, 4.69) is 15.1 Å². The molecule has 0 aliphatic heterocycles. The molecule has 2 rings (SSSR count). The van der Waals surface area contributed by atoms with E-state index in [0.29, 0.717) is 5.82 Å². The number of anilines is 1. The van der Waals surface area contributed by atoms with Crippen LogP contribution in [0, 0.1) is 6.92 Å². The minimum absolute atomic E-state index is 0.529. The van der Waals surface area contributed by atoms with Gasteiger partial charge in [0.2, 0.25) is 0 Å². The monoisotopic (exact) mass is 249 g/mol. The van der Waals surface area contributed by atoms with Gasteiger partial charge in [0, 0.05) is 30.8 Å². The molecular formula is C11H15N5S. The van der Waals surface area contributed by atoms with Gasteiger partial charge in [-0.3, -0.25) is 4.68 Å². The third-order valence-corrected chi connectivity index (χ3v) is 3.08. The Morgan fingerprint density at radius 2 is 2.24 bits per heavy atom. The molecule has 0 radical (unpaired) electrons. The molecule has 0 fully saturated rings. The molecule has 0 spiro atoms. The molecule has 2 heterocycles. The number of rotatable bonds is 4. The summed E-state index contributed by atoms with van der Waals surface area (Å²) < 4.78 is 1.81. The molecule has 17 heavy (non-hydrogen) atoms. The standard InChI is InChI=1S/C11H15N5S/c1-8-5-10(12)15-11(14-8)17-4-3-9-6-13-16(2)7-9/h5-7H,3-4H2,1-2H3,(H2,12,14,15). The van der Waals surface area contributed by atoms with Crippen LogP contribution in [0.5, 0.6) is 0 Å². The zero-order valence-corrected chi connectivity index (χ0v) is 10.7. The van der Waals surface area contributed by atoms with Crippen molar-refractivity contribution >= 4 is 17.6 Å². The van der Waals surface area contributed by atoms with Crippen molar-refractivity contribution in [3.05, 3.63) is 29.7 Å².